The molecule has 0 saturated carbocycles. The molecule has 0 aromatic heterocycles. The third-order valence-corrected chi connectivity index (χ3v) is 5.83. The fourth-order valence-corrected chi connectivity index (χ4v) is 4.13. The zero-order valence-corrected chi connectivity index (χ0v) is 14.5. The van der Waals surface area contributed by atoms with Crippen LogP contribution in [0.5, 0.6) is 0 Å². The quantitative estimate of drug-likeness (QED) is 0.877. The number of benzene rings is 1. The van der Waals surface area contributed by atoms with E-state index in [9.17, 15) is 10.2 Å². The molecule has 2 N–H and O–H groups in total. The lowest BCUT2D eigenvalue weighted by Gasteiger charge is -2.62. The Morgan fingerprint density at radius 2 is 1.71 bits per heavy atom. The molecule has 0 fully saturated rings. The summed E-state index contributed by atoms with van der Waals surface area (Å²) in [6.45, 7) is 14.5. The largest absolute Gasteiger partial charge is 0.392 e. The predicted molar refractivity (Wildman–Crippen MR) is 87.5 cm³/mol. The van der Waals surface area contributed by atoms with E-state index in [1.54, 1.807) is 0 Å². The van der Waals surface area contributed by atoms with Crippen LogP contribution < -0.4 is 0 Å². The molecule has 0 saturated heterocycles. The number of hydrogen-bond donors (Lipinski definition) is 2. The topological polar surface area (TPSA) is 40.5 Å². The molecule has 118 valence electrons. The second-order valence-corrected chi connectivity index (χ2v) is 7.94. The van der Waals surface area contributed by atoms with E-state index in [-0.39, 0.29) is 5.41 Å². The van der Waals surface area contributed by atoms with E-state index in [0.717, 1.165) is 5.56 Å². The van der Waals surface area contributed by atoms with Crippen LogP contribution in [0.25, 0.3) is 0 Å². The number of hydrogen-bond acceptors (Lipinski definition) is 2. The van der Waals surface area contributed by atoms with Gasteiger partial charge in [-0.05, 0) is 29.0 Å². The second-order valence-electron chi connectivity index (χ2n) is 7.94. The lowest BCUT2D eigenvalue weighted by atomic mass is 9.45. The van der Waals surface area contributed by atoms with Gasteiger partial charge < -0.3 is 10.2 Å². The van der Waals surface area contributed by atoms with Crippen LogP contribution in [0.4, 0.5) is 0 Å². The first-order chi connectivity index (χ1) is 9.51. The van der Waals surface area contributed by atoms with Gasteiger partial charge in [0.15, 0.2) is 0 Å². The summed E-state index contributed by atoms with van der Waals surface area (Å²) in [6.07, 6.45) is 0.116. The average molecular weight is 290 g/mol. The number of aliphatic hydroxyl groups is 2. The van der Waals surface area contributed by atoms with E-state index in [0.29, 0.717) is 12.3 Å². The highest BCUT2D eigenvalue weighted by Gasteiger charge is 2.65. The molecule has 1 aliphatic rings. The van der Waals surface area contributed by atoms with Crippen molar-refractivity contribution in [1.29, 1.82) is 0 Å². The Bertz CT molecular complexity index is 542. The lowest BCUT2D eigenvalue weighted by molar-refractivity contribution is -0.191. The highest BCUT2D eigenvalue weighted by atomic mass is 16.3. The molecular formula is C19H30O2. The van der Waals surface area contributed by atoms with Gasteiger partial charge in [-0.1, -0.05) is 66.7 Å². The maximum atomic E-state index is 11.5. The van der Waals surface area contributed by atoms with Gasteiger partial charge in [0.05, 0.1) is 6.10 Å². The van der Waals surface area contributed by atoms with Crippen molar-refractivity contribution in [2.24, 2.45) is 5.41 Å². The molecule has 2 nitrogen and oxygen atoms in total. The zero-order valence-electron chi connectivity index (χ0n) is 14.5. The van der Waals surface area contributed by atoms with Gasteiger partial charge in [0.1, 0.15) is 5.60 Å². The molecule has 21 heavy (non-hydrogen) atoms. The van der Waals surface area contributed by atoms with Crippen LogP contribution in [0.2, 0.25) is 0 Å². The summed E-state index contributed by atoms with van der Waals surface area (Å²) in [7, 11) is 0. The molecule has 0 amide bonds. The molecule has 0 spiro atoms. The van der Waals surface area contributed by atoms with Crippen molar-refractivity contribution in [3.05, 3.63) is 34.9 Å². The third kappa shape index (κ3) is 1.92. The van der Waals surface area contributed by atoms with Gasteiger partial charge in [0, 0.05) is 10.8 Å². The van der Waals surface area contributed by atoms with Gasteiger partial charge in [-0.25, -0.2) is 0 Å². The summed E-state index contributed by atoms with van der Waals surface area (Å²) in [4.78, 5) is 0. The van der Waals surface area contributed by atoms with Gasteiger partial charge in [-0.3, -0.25) is 0 Å². The van der Waals surface area contributed by atoms with E-state index in [4.69, 9.17) is 0 Å². The Kier molecular flexibility index (Phi) is 3.79. The highest BCUT2D eigenvalue weighted by Crippen LogP contribution is 2.63. The van der Waals surface area contributed by atoms with Crippen LogP contribution in [0.1, 0.15) is 77.5 Å². The summed E-state index contributed by atoms with van der Waals surface area (Å²) in [6, 6.07) is 6.39. The van der Waals surface area contributed by atoms with Crippen molar-refractivity contribution < 1.29 is 10.2 Å². The molecular weight excluding hydrogens is 260 g/mol. The summed E-state index contributed by atoms with van der Waals surface area (Å²) >= 11 is 0. The summed E-state index contributed by atoms with van der Waals surface area (Å²) in [5.74, 6) is 0.481. The highest BCUT2D eigenvalue weighted by molar-refractivity contribution is 5.55. The van der Waals surface area contributed by atoms with E-state index in [1.807, 2.05) is 20.8 Å². The van der Waals surface area contributed by atoms with Crippen LogP contribution >= 0.6 is 0 Å². The van der Waals surface area contributed by atoms with Gasteiger partial charge >= 0.3 is 0 Å². The van der Waals surface area contributed by atoms with Crippen molar-refractivity contribution in [3.8, 4) is 0 Å². The van der Waals surface area contributed by atoms with E-state index >= 15 is 0 Å². The molecule has 2 heteroatoms. The molecule has 0 bridgehead atoms. The van der Waals surface area contributed by atoms with Crippen molar-refractivity contribution in [1.82, 2.24) is 0 Å². The number of rotatable bonds is 4. The molecule has 0 radical (unpaired) electrons. The lowest BCUT2D eigenvalue weighted by Crippen LogP contribution is -2.65. The van der Waals surface area contributed by atoms with Crippen LogP contribution in [0.15, 0.2) is 18.2 Å². The van der Waals surface area contributed by atoms with Gasteiger partial charge in [-0.2, -0.15) is 0 Å². The zero-order chi connectivity index (χ0) is 16.2. The number of fused-ring (bicyclic) bond motifs is 1. The minimum absolute atomic E-state index is 0.354. The third-order valence-electron chi connectivity index (χ3n) is 5.83. The number of aliphatic hydroxyl groups excluding tert-OH is 1. The summed E-state index contributed by atoms with van der Waals surface area (Å²) < 4.78 is 0. The molecule has 1 aromatic rings. The molecule has 0 aliphatic heterocycles. The first-order valence-electron chi connectivity index (χ1n) is 8.07. The van der Waals surface area contributed by atoms with Crippen molar-refractivity contribution >= 4 is 0 Å². The maximum Gasteiger partial charge on any atom is 0.106 e. The minimum Gasteiger partial charge on any atom is -0.392 e. The predicted octanol–water partition coefficient (Wildman–Crippen LogP) is 4.09. The molecule has 1 aromatic carbocycles. The first-order valence-corrected chi connectivity index (χ1v) is 8.07. The molecule has 0 heterocycles. The first kappa shape index (κ1) is 16.5. The minimum atomic E-state index is -1.000. The average Bonchev–Trinajstić information content (AvgIpc) is 2.44. The Morgan fingerprint density at radius 3 is 2.19 bits per heavy atom. The monoisotopic (exact) mass is 290 g/mol. The Morgan fingerprint density at radius 1 is 1.14 bits per heavy atom. The van der Waals surface area contributed by atoms with Gasteiger partial charge in [0.2, 0.25) is 0 Å². The maximum absolute atomic E-state index is 11.5. The molecule has 2 atom stereocenters. The van der Waals surface area contributed by atoms with Crippen molar-refractivity contribution in [2.75, 3.05) is 0 Å². The molecule has 2 rings (SSSR count). The van der Waals surface area contributed by atoms with E-state index in [1.165, 1.54) is 11.1 Å². The van der Waals surface area contributed by atoms with Crippen LogP contribution in [-0.4, -0.2) is 16.3 Å². The normalized spacial score (nSPS) is 25.4. The van der Waals surface area contributed by atoms with Crippen molar-refractivity contribution in [2.45, 2.75) is 77.9 Å². The molecule has 1 aliphatic carbocycles. The van der Waals surface area contributed by atoms with Gasteiger partial charge in [-0.15, -0.1) is 0 Å². The van der Waals surface area contributed by atoms with Crippen LogP contribution in [0, 0.1) is 5.41 Å². The van der Waals surface area contributed by atoms with Crippen molar-refractivity contribution in [3.63, 3.8) is 0 Å². The Balaban J connectivity index is 2.57. The Labute approximate surface area is 129 Å². The summed E-state index contributed by atoms with van der Waals surface area (Å²) in [5, 5.41) is 21.9. The van der Waals surface area contributed by atoms with E-state index in [2.05, 4.69) is 45.9 Å². The summed E-state index contributed by atoms with van der Waals surface area (Å²) in [5.41, 5.74) is 1.56. The second kappa shape index (κ2) is 4.82. The fourth-order valence-electron chi connectivity index (χ4n) is 4.13. The van der Waals surface area contributed by atoms with E-state index < -0.39 is 17.1 Å². The standard InChI is InChI=1S/C19H30O2/c1-8-16(20)18(6,7)19(21)14-10-9-13(12(2)3)11-15(14)17(19,4)5/h9-12,16,20-21H,8H2,1-7H3/t16-,19-/m0/s1. The van der Waals surface area contributed by atoms with Crippen LogP contribution in [0.3, 0.4) is 0 Å². The van der Waals surface area contributed by atoms with Crippen LogP contribution in [-0.2, 0) is 11.0 Å². The Hall–Kier alpha value is -0.860. The SMILES string of the molecule is CC[C@H](O)C(C)(C)[C@]1(O)c2ccc(C(C)C)cc2C1(C)C. The fraction of sp³-hybridized carbons (Fsp3) is 0.684. The molecule has 0 unspecified atom stereocenters. The van der Waals surface area contributed by atoms with Gasteiger partial charge in [0.25, 0.3) is 0 Å². The smallest absolute Gasteiger partial charge is 0.106 e.